The van der Waals surface area contributed by atoms with Gasteiger partial charge in [-0.25, -0.2) is 0 Å². The molecule has 0 bridgehead atoms. The number of anilines is 1. The summed E-state index contributed by atoms with van der Waals surface area (Å²) >= 11 is 0. The lowest BCUT2D eigenvalue weighted by Gasteiger charge is -2.31. The molecule has 1 amide bonds. The van der Waals surface area contributed by atoms with Gasteiger partial charge in [-0.3, -0.25) is 4.79 Å². The second-order valence-corrected chi connectivity index (χ2v) is 4.76. The molecule has 2 N–H and O–H groups in total. The SMILES string of the molecule is CCN(CC1CCC1)C(=O)c1ccc(N)cc1. The Labute approximate surface area is 103 Å². The lowest BCUT2D eigenvalue weighted by molar-refractivity contribution is 0.0706. The summed E-state index contributed by atoms with van der Waals surface area (Å²) in [6.07, 6.45) is 3.86. The molecule has 1 aliphatic carbocycles. The fraction of sp³-hybridized carbons (Fsp3) is 0.500. The van der Waals surface area contributed by atoms with Gasteiger partial charge < -0.3 is 10.6 Å². The van der Waals surface area contributed by atoms with Gasteiger partial charge in [0.05, 0.1) is 0 Å². The maximum absolute atomic E-state index is 12.2. The lowest BCUT2D eigenvalue weighted by atomic mass is 9.85. The van der Waals surface area contributed by atoms with E-state index in [-0.39, 0.29) is 5.91 Å². The first-order chi connectivity index (χ1) is 8.20. The summed E-state index contributed by atoms with van der Waals surface area (Å²) in [5.41, 5.74) is 7.06. The minimum absolute atomic E-state index is 0.124. The van der Waals surface area contributed by atoms with Crippen molar-refractivity contribution in [3.05, 3.63) is 29.8 Å². The summed E-state index contributed by atoms with van der Waals surface area (Å²) in [6, 6.07) is 7.18. The second-order valence-electron chi connectivity index (χ2n) is 4.76. The Hall–Kier alpha value is -1.51. The normalized spacial score (nSPS) is 15.4. The van der Waals surface area contributed by atoms with Gasteiger partial charge in [0.15, 0.2) is 0 Å². The number of carbonyl (C=O) groups is 1. The van der Waals surface area contributed by atoms with Gasteiger partial charge in [-0.1, -0.05) is 6.42 Å². The van der Waals surface area contributed by atoms with Crippen molar-refractivity contribution in [2.75, 3.05) is 18.8 Å². The number of hydrogen-bond acceptors (Lipinski definition) is 2. The van der Waals surface area contributed by atoms with Crippen LogP contribution in [0, 0.1) is 5.92 Å². The van der Waals surface area contributed by atoms with E-state index >= 15 is 0 Å². The van der Waals surface area contributed by atoms with Gasteiger partial charge in [-0.2, -0.15) is 0 Å². The molecule has 2 rings (SSSR count). The highest BCUT2D eigenvalue weighted by Crippen LogP contribution is 2.27. The summed E-state index contributed by atoms with van der Waals surface area (Å²) in [5, 5.41) is 0. The van der Waals surface area contributed by atoms with Crippen molar-refractivity contribution in [2.24, 2.45) is 5.92 Å². The molecule has 0 aromatic heterocycles. The van der Waals surface area contributed by atoms with E-state index in [0.29, 0.717) is 11.6 Å². The maximum Gasteiger partial charge on any atom is 0.253 e. The number of nitrogens with two attached hydrogens (primary N) is 1. The molecule has 17 heavy (non-hydrogen) atoms. The molecule has 0 aliphatic heterocycles. The highest BCUT2D eigenvalue weighted by atomic mass is 16.2. The standard InChI is InChI=1S/C14H20N2O/c1-2-16(10-11-4-3-5-11)14(17)12-6-8-13(15)9-7-12/h6-9,11H,2-5,10,15H2,1H3. The molecular formula is C14H20N2O. The molecule has 1 aromatic rings. The third-order valence-corrected chi connectivity index (χ3v) is 3.53. The largest absolute Gasteiger partial charge is 0.399 e. The van der Waals surface area contributed by atoms with Gasteiger partial charge in [-0.05, 0) is 49.9 Å². The van der Waals surface area contributed by atoms with E-state index < -0.39 is 0 Å². The first-order valence-corrected chi connectivity index (χ1v) is 6.35. The van der Waals surface area contributed by atoms with Gasteiger partial charge in [0.25, 0.3) is 5.91 Å². The second kappa shape index (κ2) is 5.21. The van der Waals surface area contributed by atoms with Crippen LogP contribution in [0.25, 0.3) is 0 Å². The number of benzene rings is 1. The van der Waals surface area contributed by atoms with E-state index in [9.17, 15) is 4.79 Å². The topological polar surface area (TPSA) is 46.3 Å². The van der Waals surface area contributed by atoms with Crippen LogP contribution < -0.4 is 5.73 Å². The van der Waals surface area contributed by atoms with Crippen LogP contribution in [0.3, 0.4) is 0 Å². The predicted molar refractivity (Wildman–Crippen MR) is 69.8 cm³/mol. The molecule has 0 spiro atoms. The molecular weight excluding hydrogens is 212 g/mol. The van der Waals surface area contributed by atoms with Gasteiger partial charge in [0, 0.05) is 24.3 Å². The Kier molecular flexibility index (Phi) is 3.67. The van der Waals surface area contributed by atoms with E-state index in [0.717, 1.165) is 18.7 Å². The fourth-order valence-electron chi connectivity index (χ4n) is 2.15. The molecule has 1 saturated carbocycles. The summed E-state index contributed by atoms with van der Waals surface area (Å²) in [7, 11) is 0. The van der Waals surface area contributed by atoms with Crippen molar-refractivity contribution in [3.63, 3.8) is 0 Å². The van der Waals surface area contributed by atoms with E-state index in [1.54, 1.807) is 24.3 Å². The summed E-state index contributed by atoms with van der Waals surface area (Å²) < 4.78 is 0. The average molecular weight is 232 g/mol. The van der Waals surface area contributed by atoms with Crippen LogP contribution in [-0.2, 0) is 0 Å². The monoisotopic (exact) mass is 232 g/mol. The molecule has 0 saturated heterocycles. The smallest absolute Gasteiger partial charge is 0.253 e. The number of rotatable bonds is 4. The molecule has 1 aromatic carbocycles. The third-order valence-electron chi connectivity index (χ3n) is 3.53. The predicted octanol–water partition coefficient (Wildman–Crippen LogP) is 2.53. The van der Waals surface area contributed by atoms with Crippen molar-refractivity contribution in [1.29, 1.82) is 0 Å². The molecule has 3 heteroatoms. The van der Waals surface area contributed by atoms with Gasteiger partial charge in [0.2, 0.25) is 0 Å². The molecule has 1 aliphatic rings. The fourth-order valence-corrected chi connectivity index (χ4v) is 2.15. The van der Waals surface area contributed by atoms with Gasteiger partial charge in [0.1, 0.15) is 0 Å². The van der Waals surface area contributed by atoms with Gasteiger partial charge >= 0.3 is 0 Å². The number of carbonyl (C=O) groups excluding carboxylic acids is 1. The molecule has 92 valence electrons. The zero-order valence-corrected chi connectivity index (χ0v) is 10.4. The summed E-state index contributed by atoms with van der Waals surface area (Å²) in [6.45, 7) is 3.72. The first kappa shape index (κ1) is 12.0. The van der Waals surface area contributed by atoms with Gasteiger partial charge in [-0.15, -0.1) is 0 Å². The van der Waals surface area contributed by atoms with Crippen LogP contribution in [0.4, 0.5) is 5.69 Å². The summed E-state index contributed by atoms with van der Waals surface area (Å²) in [5.74, 6) is 0.840. The Morgan fingerprint density at radius 1 is 1.35 bits per heavy atom. The van der Waals surface area contributed by atoms with E-state index in [2.05, 4.69) is 0 Å². The molecule has 0 atom stereocenters. The minimum Gasteiger partial charge on any atom is -0.399 e. The number of hydrogen-bond donors (Lipinski definition) is 1. The van der Waals surface area contributed by atoms with E-state index in [1.165, 1.54) is 19.3 Å². The number of nitrogen functional groups attached to an aromatic ring is 1. The quantitative estimate of drug-likeness (QED) is 0.811. The van der Waals surface area contributed by atoms with Crippen molar-refractivity contribution < 1.29 is 4.79 Å². The zero-order valence-electron chi connectivity index (χ0n) is 10.4. The molecule has 1 fully saturated rings. The van der Waals surface area contributed by atoms with E-state index in [4.69, 9.17) is 5.73 Å². The highest BCUT2D eigenvalue weighted by molar-refractivity contribution is 5.94. The van der Waals surface area contributed by atoms with Crippen LogP contribution in [0.15, 0.2) is 24.3 Å². The Balaban J connectivity index is 2.02. The molecule has 0 unspecified atom stereocenters. The van der Waals surface area contributed by atoms with Crippen molar-refractivity contribution in [3.8, 4) is 0 Å². The van der Waals surface area contributed by atoms with Crippen LogP contribution in [0.5, 0.6) is 0 Å². The average Bonchev–Trinajstić information content (AvgIpc) is 2.28. The van der Waals surface area contributed by atoms with E-state index in [1.807, 2.05) is 11.8 Å². The maximum atomic E-state index is 12.2. The van der Waals surface area contributed by atoms with Crippen molar-refractivity contribution >= 4 is 11.6 Å². The number of amides is 1. The molecule has 3 nitrogen and oxygen atoms in total. The third kappa shape index (κ3) is 2.78. The highest BCUT2D eigenvalue weighted by Gasteiger charge is 2.23. The zero-order chi connectivity index (χ0) is 12.3. The molecule has 0 radical (unpaired) electrons. The van der Waals surface area contributed by atoms with Crippen LogP contribution in [0.1, 0.15) is 36.5 Å². The Morgan fingerprint density at radius 2 is 2.00 bits per heavy atom. The molecule has 0 heterocycles. The van der Waals surface area contributed by atoms with Crippen LogP contribution in [0.2, 0.25) is 0 Å². The van der Waals surface area contributed by atoms with Crippen molar-refractivity contribution in [2.45, 2.75) is 26.2 Å². The first-order valence-electron chi connectivity index (χ1n) is 6.35. The lowest BCUT2D eigenvalue weighted by Crippen LogP contribution is -2.37. The van der Waals surface area contributed by atoms with Crippen molar-refractivity contribution in [1.82, 2.24) is 4.90 Å². The Bertz CT molecular complexity index is 382. The Morgan fingerprint density at radius 3 is 2.47 bits per heavy atom. The minimum atomic E-state index is 0.124. The van der Waals surface area contributed by atoms with Crippen LogP contribution in [-0.4, -0.2) is 23.9 Å². The van der Waals surface area contributed by atoms with Crippen LogP contribution >= 0.6 is 0 Å². The summed E-state index contributed by atoms with van der Waals surface area (Å²) in [4.78, 5) is 14.2. The number of nitrogens with zero attached hydrogens (tertiary/aromatic N) is 1.